The Morgan fingerprint density at radius 3 is 2.23 bits per heavy atom. The molecule has 1 unspecified atom stereocenters. The average Bonchev–Trinajstić information content (AvgIpc) is 3.01. The Balaban J connectivity index is 1.56. The summed E-state index contributed by atoms with van der Waals surface area (Å²) < 4.78 is 0. The number of rotatable bonds is 10. The maximum absolute atomic E-state index is 14.2. The number of aliphatic hydroxyl groups excluding tert-OH is 2. The van der Waals surface area contributed by atoms with E-state index in [1.807, 2.05) is 54.2 Å². The Morgan fingerprint density at radius 2 is 1.67 bits per heavy atom. The zero-order chi connectivity index (χ0) is 35.4. The summed E-state index contributed by atoms with van der Waals surface area (Å²) >= 11 is 0. The standard InChI is InChI=1S/C36H44N4O8/c1-38(2)23-17-19(12-13-25(41)24(39(3)4)14-18-10-8-7-9-11-18)30(42)27-21(23)15-20-16-22-29(40(5)6)32(44)28(35(37)47)34(46)36(22,48)33(45)26(20)31(27)43/h7-11,17,20,22,24,29,42-43,46,48H,12-16H2,1-6H3,(H2,37,47)/t20-,22-,24?,29-,36+/m1/s1. The van der Waals surface area contributed by atoms with Crippen molar-refractivity contribution >= 4 is 34.7 Å². The molecular weight excluding hydrogens is 616 g/mol. The molecule has 0 aliphatic heterocycles. The molecule has 5 rings (SSSR count). The van der Waals surface area contributed by atoms with Crippen molar-refractivity contribution in [2.75, 3.05) is 47.2 Å². The van der Waals surface area contributed by atoms with Gasteiger partial charge >= 0.3 is 0 Å². The molecule has 12 heteroatoms. The average molecular weight is 661 g/mol. The zero-order valence-corrected chi connectivity index (χ0v) is 28.1. The Kier molecular flexibility index (Phi) is 9.30. The minimum atomic E-state index is -2.71. The molecule has 1 amide bonds. The fraction of sp³-hybridized carbons (Fsp3) is 0.444. The number of nitrogens with two attached hydrogens (primary N) is 1. The predicted octanol–water partition coefficient (Wildman–Crippen LogP) is 1.70. The molecule has 0 heterocycles. The maximum atomic E-state index is 14.2. The second-order valence-corrected chi connectivity index (χ2v) is 13.7. The Labute approximate surface area is 279 Å². The quantitative estimate of drug-likeness (QED) is 0.234. The van der Waals surface area contributed by atoms with Crippen LogP contribution in [0, 0.1) is 11.8 Å². The van der Waals surface area contributed by atoms with Crippen LogP contribution in [0.25, 0.3) is 5.76 Å². The minimum absolute atomic E-state index is 0.00296. The first-order valence-corrected chi connectivity index (χ1v) is 15.9. The van der Waals surface area contributed by atoms with Gasteiger partial charge in [-0.15, -0.1) is 0 Å². The van der Waals surface area contributed by atoms with Gasteiger partial charge in [-0.25, -0.2) is 0 Å². The highest BCUT2D eigenvalue weighted by Crippen LogP contribution is 2.54. The number of aryl methyl sites for hydroxylation is 1. The third-order valence-electron chi connectivity index (χ3n) is 10.2. The first-order valence-electron chi connectivity index (χ1n) is 15.9. The summed E-state index contributed by atoms with van der Waals surface area (Å²) in [6.07, 6.45) is 0.953. The molecule has 0 saturated heterocycles. The molecule has 0 bridgehead atoms. The number of benzene rings is 2. The van der Waals surface area contributed by atoms with Crippen LogP contribution in [-0.4, -0.2) is 113 Å². The first kappa shape index (κ1) is 34.8. The number of aliphatic hydroxyl groups is 3. The molecule has 1 saturated carbocycles. The van der Waals surface area contributed by atoms with E-state index in [2.05, 4.69) is 0 Å². The Bertz CT molecular complexity index is 1750. The number of fused-ring (bicyclic) bond motifs is 3. The van der Waals surface area contributed by atoms with Crippen molar-refractivity contribution in [1.29, 1.82) is 0 Å². The second kappa shape index (κ2) is 12.8. The number of hydrogen-bond donors (Lipinski definition) is 5. The summed E-state index contributed by atoms with van der Waals surface area (Å²) in [6.45, 7) is 0. The summed E-state index contributed by atoms with van der Waals surface area (Å²) in [7, 11) is 10.4. The van der Waals surface area contributed by atoms with E-state index >= 15 is 0 Å². The van der Waals surface area contributed by atoms with Crippen molar-refractivity contribution in [3.8, 4) is 5.75 Å². The van der Waals surface area contributed by atoms with Crippen molar-refractivity contribution in [3.63, 3.8) is 0 Å². The highest BCUT2D eigenvalue weighted by Gasteiger charge is 2.64. The molecule has 2 aromatic carbocycles. The highest BCUT2D eigenvalue weighted by atomic mass is 16.3. The molecule has 1 fully saturated rings. The van der Waals surface area contributed by atoms with Gasteiger partial charge in [0, 0.05) is 37.7 Å². The third-order valence-corrected chi connectivity index (χ3v) is 10.2. The number of Topliss-reactive ketones (excluding diaryl/α,β-unsaturated/α-hetero) is 3. The van der Waals surface area contributed by atoms with Crippen LogP contribution in [0.15, 0.2) is 53.3 Å². The van der Waals surface area contributed by atoms with E-state index in [-0.39, 0.29) is 48.4 Å². The van der Waals surface area contributed by atoms with Crippen LogP contribution < -0.4 is 10.6 Å². The molecule has 3 aliphatic rings. The second-order valence-electron chi connectivity index (χ2n) is 13.7. The monoisotopic (exact) mass is 660 g/mol. The minimum Gasteiger partial charge on any atom is -0.508 e. The van der Waals surface area contributed by atoms with E-state index in [9.17, 15) is 39.6 Å². The van der Waals surface area contributed by atoms with E-state index < -0.39 is 64.1 Å². The number of likely N-dealkylation sites (N-methyl/N-ethyl adjacent to an activating group) is 2. The number of ketones is 3. The maximum Gasteiger partial charge on any atom is 0.255 e. The number of amides is 1. The zero-order valence-electron chi connectivity index (χ0n) is 28.1. The summed E-state index contributed by atoms with van der Waals surface area (Å²) in [5, 5.41) is 46.4. The molecule has 256 valence electrons. The molecule has 0 aromatic heterocycles. The lowest BCUT2D eigenvalue weighted by atomic mass is 9.57. The topological polar surface area (TPSA) is 185 Å². The summed E-state index contributed by atoms with van der Waals surface area (Å²) in [6, 6.07) is 9.91. The van der Waals surface area contributed by atoms with Crippen molar-refractivity contribution in [2.45, 2.75) is 49.8 Å². The highest BCUT2D eigenvalue weighted by molar-refractivity contribution is 6.24. The van der Waals surface area contributed by atoms with Gasteiger partial charge in [-0.2, -0.15) is 0 Å². The van der Waals surface area contributed by atoms with Crippen molar-refractivity contribution in [1.82, 2.24) is 9.80 Å². The van der Waals surface area contributed by atoms with Gasteiger partial charge in [0.05, 0.1) is 17.6 Å². The van der Waals surface area contributed by atoms with Crippen molar-refractivity contribution in [3.05, 3.63) is 75.6 Å². The van der Waals surface area contributed by atoms with Crippen LogP contribution in [0.4, 0.5) is 5.69 Å². The molecule has 0 spiro atoms. The van der Waals surface area contributed by atoms with E-state index in [0.29, 0.717) is 23.2 Å². The number of nitrogens with zero attached hydrogens (tertiary/aromatic N) is 3. The Morgan fingerprint density at radius 1 is 1.02 bits per heavy atom. The van der Waals surface area contributed by atoms with Crippen LogP contribution in [0.1, 0.15) is 35.1 Å². The molecule has 48 heavy (non-hydrogen) atoms. The van der Waals surface area contributed by atoms with Crippen LogP contribution in [0.5, 0.6) is 5.75 Å². The molecular formula is C36H44N4O8. The summed E-state index contributed by atoms with van der Waals surface area (Å²) in [5.41, 5.74) is 4.28. The fourth-order valence-electron chi connectivity index (χ4n) is 7.78. The predicted molar refractivity (Wildman–Crippen MR) is 180 cm³/mol. The van der Waals surface area contributed by atoms with Crippen molar-refractivity contribution < 1.29 is 39.6 Å². The van der Waals surface area contributed by atoms with E-state index in [4.69, 9.17) is 5.73 Å². The summed E-state index contributed by atoms with van der Waals surface area (Å²) in [5.74, 6) is -7.00. The van der Waals surface area contributed by atoms with Crippen LogP contribution >= 0.6 is 0 Å². The number of phenolic OH excluding ortho intramolecular Hbond substituents is 1. The SMILES string of the molecule is CN(C)c1cc(CCC(=O)C(Cc2ccccc2)N(C)C)c(O)c2c1C[C@@H]1C[C@@H]3[C@@H](N(C)C)C(=O)C(C(N)=O)=C(O)[C@@]3(O)C(=O)C1=C2O. The van der Waals surface area contributed by atoms with Gasteiger partial charge in [-0.3, -0.25) is 29.0 Å². The van der Waals surface area contributed by atoms with Crippen LogP contribution in [0.3, 0.4) is 0 Å². The number of anilines is 1. The van der Waals surface area contributed by atoms with Gasteiger partial charge < -0.3 is 31.1 Å². The number of hydrogen-bond acceptors (Lipinski definition) is 11. The number of phenols is 1. The molecule has 2 aromatic rings. The number of primary amides is 1. The van der Waals surface area contributed by atoms with Crippen LogP contribution in [-0.2, 0) is 38.4 Å². The normalized spacial score (nSPS) is 24.4. The van der Waals surface area contributed by atoms with Crippen molar-refractivity contribution in [2.24, 2.45) is 17.6 Å². The lowest BCUT2D eigenvalue weighted by molar-refractivity contribution is -0.153. The lowest BCUT2D eigenvalue weighted by Crippen LogP contribution is -2.65. The lowest BCUT2D eigenvalue weighted by Gasteiger charge is -2.50. The van der Waals surface area contributed by atoms with E-state index in [0.717, 1.165) is 5.56 Å². The fourth-order valence-corrected chi connectivity index (χ4v) is 7.78. The van der Waals surface area contributed by atoms with Gasteiger partial charge in [-0.05, 0) is 82.5 Å². The van der Waals surface area contributed by atoms with Gasteiger partial charge in [0.1, 0.15) is 22.8 Å². The van der Waals surface area contributed by atoms with Gasteiger partial charge in [0.15, 0.2) is 17.2 Å². The summed E-state index contributed by atoms with van der Waals surface area (Å²) in [4.78, 5) is 58.5. The smallest absolute Gasteiger partial charge is 0.255 e. The number of carbonyl (C=O) groups excluding carboxylic acids is 4. The van der Waals surface area contributed by atoms with E-state index in [1.54, 1.807) is 34.3 Å². The molecule has 0 radical (unpaired) electrons. The van der Waals surface area contributed by atoms with Gasteiger partial charge in [0.2, 0.25) is 5.78 Å². The molecule has 12 nitrogen and oxygen atoms in total. The van der Waals surface area contributed by atoms with E-state index in [1.165, 1.54) is 4.90 Å². The van der Waals surface area contributed by atoms with Gasteiger partial charge in [-0.1, -0.05) is 30.3 Å². The third kappa shape index (κ3) is 5.57. The number of aromatic hydroxyl groups is 1. The largest absolute Gasteiger partial charge is 0.508 e. The molecule has 3 aliphatic carbocycles. The van der Waals surface area contributed by atoms with Crippen LogP contribution in [0.2, 0.25) is 0 Å². The van der Waals surface area contributed by atoms with Gasteiger partial charge in [0.25, 0.3) is 5.91 Å². The first-order chi connectivity index (χ1) is 22.5. The molecule has 6 N–H and O–H groups in total. The number of carbonyl (C=O) groups is 4. The molecule has 5 atom stereocenters. The Hall–Kier alpha value is -4.52.